The van der Waals surface area contributed by atoms with E-state index in [9.17, 15) is 0 Å². The molecule has 190 valence electrons. The molecule has 0 saturated heterocycles. The third-order valence-corrected chi connectivity index (χ3v) is 17.1. The van der Waals surface area contributed by atoms with Crippen LogP contribution in [0.2, 0.25) is 0 Å². The number of nitrogens with zero attached hydrogens (tertiary/aromatic N) is 1. The van der Waals surface area contributed by atoms with E-state index in [0.717, 1.165) is 22.6 Å². The van der Waals surface area contributed by atoms with Crippen LogP contribution in [-0.4, -0.2) is 27.6 Å². The first-order valence-corrected chi connectivity index (χ1v) is 18.6. The lowest BCUT2D eigenvalue weighted by molar-refractivity contribution is 0.483. The molecule has 1 nitrogen and oxygen atoms in total. The fourth-order valence-corrected chi connectivity index (χ4v) is 15.6. The molecule has 4 saturated carbocycles. The highest BCUT2D eigenvalue weighted by Gasteiger charge is 2.34. The van der Waals surface area contributed by atoms with Gasteiger partial charge in [0, 0.05) is 12.4 Å². The smallest absolute Gasteiger partial charge is 0.0306 e. The van der Waals surface area contributed by atoms with Crippen molar-refractivity contribution in [2.24, 2.45) is 0 Å². The van der Waals surface area contributed by atoms with E-state index in [4.69, 9.17) is 4.98 Å². The Hall–Kier alpha value is 0.01000. The third-order valence-electron chi connectivity index (χ3n) is 9.89. The van der Waals surface area contributed by atoms with Crippen molar-refractivity contribution in [2.45, 2.75) is 163 Å². The Labute approximate surface area is 213 Å². The quantitative estimate of drug-likeness (QED) is 0.324. The molecule has 4 aliphatic rings. The molecule has 0 spiro atoms. The topological polar surface area (TPSA) is 12.9 Å². The minimum atomic E-state index is 0.124. The van der Waals surface area contributed by atoms with Crippen molar-refractivity contribution in [1.82, 2.24) is 4.98 Å². The van der Waals surface area contributed by atoms with Gasteiger partial charge in [0.1, 0.15) is 0 Å². The third kappa shape index (κ3) is 6.86. The Bertz CT molecular complexity index is 615. The Morgan fingerprint density at radius 1 is 0.500 bits per heavy atom. The van der Waals surface area contributed by atoms with Crippen LogP contribution in [0, 0.1) is 0 Å². The molecule has 5 rings (SSSR count). The molecule has 4 aliphatic carbocycles. The molecule has 0 amide bonds. The highest BCUT2D eigenvalue weighted by Crippen LogP contribution is 2.60. The summed E-state index contributed by atoms with van der Waals surface area (Å²) in [7, 11) is 0.260. The largest absolute Gasteiger partial charge is 0.264 e. The molecule has 0 aromatic carbocycles. The summed E-state index contributed by atoms with van der Waals surface area (Å²) in [5.74, 6) is 0. The molecule has 0 atom stereocenters. The van der Waals surface area contributed by atoms with E-state index in [0.29, 0.717) is 0 Å². The van der Waals surface area contributed by atoms with E-state index >= 15 is 0 Å². The van der Waals surface area contributed by atoms with Crippen LogP contribution < -0.4 is 0 Å². The summed E-state index contributed by atoms with van der Waals surface area (Å²) < 4.78 is 0. The van der Waals surface area contributed by atoms with Crippen LogP contribution in [0.25, 0.3) is 0 Å². The van der Waals surface area contributed by atoms with Gasteiger partial charge in [0.25, 0.3) is 0 Å². The fourth-order valence-electron chi connectivity index (χ4n) is 7.91. The average molecular weight is 500 g/mol. The van der Waals surface area contributed by atoms with Gasteiger partial charge in [0.15, 0.2) is 0 Å². The summed E-state index contributed by atoms with van der Waals surface area (Å²) in [4.78, 5) is 4.74. The summed E-state index contributed by atoms with van der Waals surface area (Å²) in [6.07, 6.45) is 37.7. The summed E-state index contributed by atoms with van der Waals surface area (Å²) in [6, 6.07) is 2.48. The average Bonchev–Trinajstić information content (AvgIpc) is 2.93. The van der Waals surface area contributed by atoms with Crippen molar-refractivity contribution in [3.8, 4) is 0 Å². The molecule has 0 unspecified atom stereocenters. The zero-order valence-electron chi connectivity index (χ0n) is 21.9. The van der Waals surface area contributed by atoms with Gasteiger partial charge in [-0.2, -0.15) is 0 Å². The zero-order valence-corrected chi connectivity index (χ0v) is 23.7. The predicted octanol–water partition coefficient (Wildman–Crippen LogP) is 10.4. The number of hydrogen-bond acceptors (Lipinski definition) is 1. The highest BCUT2D eigenvalue weighted by molar-refractivity contribution is 7.58. The van der Waals surface area contributed by atoms with Gasteiger partial charge in [-0.25, -0.2) is 0 Å². The van der Waals surface area contributed by atoms with Gasteiger partial charge < -0.3 is 0 Å². The first kappa shape index (κ1) is 25.7. The van der Waals surface area contributed by atoms with Gasteiger partial charge >= 0.3 is 0 Å². The SMILES string of the molecule is c1cc(CP(C2CCCCC2)C2CCCCC2)c(CP(C2CCCCC2)C2CCCCC2)cn1. The van der Waals surface area contributed by atoms with Gasteiger partial charge in [-0.15, -0.1) is 0 Å². The van der Waals surface area contributed by atoms with Crippen LogP contribution in [-0.2, 0) is 12.3 Å². The zero-order chi connectivity index (χ0) is 23.0. The minimum absolute atomic E-state index is 0.124. The Kier molecular flexibility index (Phi) is 10.2. The van der Waals surface area contributed by atoms with E-state index in [1.807, 2.05) is 0 Å². The van der Waals surface area contributed by atoms with Crippen LogP contribution in [0.5, 0.6) is 0 Å². The number of aromatic nitrogens is 1. The van der Waals surface area contributed by atoms with E-state index in [-0.39, 0.29) is 15.8 Å². The minimum Gasteiger partial charge on any atom is -0.264 e. The Balaban J connectivity index is 1.35. The van der Waals surface area contributed by atoms with Crippen molar-refractivity contribution in [1.29, 1.82) is 0 Å². The lowest BCUT2D eigenvalue weighted by Gasteiger charge is -2.40. The normalized spacial score (nSPS) is 24.8. The van der Waals surface area contributed by atoms with Crippen LogP contribution in [0.3, 0.4) is 0 Å². The molecule has 1 aromatic rings. The summed E-state index contributed by atoms with van der Waals surface area (Å²) in [6.45, 7) is 0. The van der Waals surface area contributed by atoms with Crippen LogP contribution in [0.1, 0.15) is 140 Å². The second-order valence-electron chi connectivity index (χ2n) is 12.2. The molecule has 3 heteroatoms. The van der Waals surface area contributed by atoms with E-state index in [2.05, 4.69) is 18.5 Å². The summed E-state index contributed by atoms with van der Waals surface area (Å²) in [5.41, 5.74) is 7.67. The Morgan fingerprint density at radius 3 is 1.24 bits per heavy atom. The predicted molar refractivity (Wildman–Crippen MR) is 153 cm³/mol. The summed E-state index contributed by atoms with van der Waals surface area (Å²) >= 11 is 0. The molecule has 34 heavy (non-hydrogen) atoms. The first-order chi connectivity index (χ1) is 16.9. The Morgan fingerprint density at radius 2 is 0.853 bits per heavy atom. The molecule has 0 radical (unpaired) electrons. The molecule has 0 aliphatic heterocycles. The van der Waals surface area contributed by atoms with Gasteiger partial charge in [-0.3, -0.25) is 4.98 Å². The van der Waals surface area contributed by atoms with E-state index in [1.54, 1.807) is 36.8 Å². The molecule has 4 fully saturated rings. The van der Waals surface area contributed by atoms with Crippen LogP contribution >= 0.6 is 15.8 Å². The van der Waals surface area contributed by atoms with Crippen molar-refractivity contribution in [3.63, 3.8) is 0 Å². The maximum atomic E-state index is 4.74. The van der Waals surface area contributed by atoms with Crippen molar-refractivity contribution >= 4 is 15.8 Å². The fraction of sp³-hybridized carbons (Fsp3) is 0.839. The van der Waals surface area contributed by atoms with Gasteiger partial charge in [0.2, 0.25) is 0 Å². The van der Waals surface area contributed by atoms with Crippen molar-refractivity contribution in [2.75, 3.05) is 0 Å². The van der Waals surface area contributed by atoms with Crippen LogP contribution in [0.4, 0.5) is 0 Å². The van der Waals surface area contributed by atoms with Crippen LogP contribution in [0.15, 0.2) is 18.5 Å². The highest BCUT2D eigenvalue weighted by atomic mass is 31.1. The van der Waals surface area contributed by atoms with Crippen molar-refractivity contribution in [3.05, 3.63) is 29.6 Å². The standard InChI is InChI=1S/C31H51NP2/c1-5-13-28(14-6-1)33(29-15-7-2-8-16-29)24-26-21-22-32-23-27(26)25-34(30-17-9-3-10-18-30)31-19-11-4-12-20-31/h21-23,28-31H,1-20,24-25H2. The second kappa shape index (κ2) is 13.5. The second-order valence-corrected chi connectivity index (χ2v) is 17.8. The number of rotatable bonds is 8. The summed E-state index contributed by atoms with van der Waals surface area (Å²) in [5, 5.41) is 0. The van der Waals surface area contributed by atoms with Gasteiger partial charge in [-0.1, -0.05) is 92.9 Å². The molecule has 0 bridgehead atoms. The van der Waals surface area contributed by atoms with E-state index in [1.165, 1.54) is 115 Å². The molecular formula is C31H51NP2. The molecular weight excluding hydrogens is 448 g/mol. The molecule has 1 aromatic heterocycles. The number of pyridine rings is 1. The lowest BCUT2D eigenvalue weighted by Crippen LogP contribution is -2.23. The maximum absolute atomic E-state index is 4.74. The van der Waals surface area contributed by atoms with Gasteiger partial charge in [0.05, 0.1) is 0 Å². The molecule has 1 heterocycles. The lowest BCUT2D eigenvalue weighted by atomic mass is 9.99. The number of hydrogen-bond donors (Lipinski definition) is 0. The molecule has 0 N–H and O–H groups in total. The first-order valence-electron chi connectivity index (χ1n) is 15.3. The van der Waals surface area contributed by atoms with E-state index < -0.39 is 0 Å². The monoisotopic (exact) mass is 499 g/mol. The maximum Gasteiger partial charge on any atom is 0.0306 e. The van der Waals surface area contributed by atoms with Crippen molar-refractivity contribution < 1.29 is 0 Å². The van der Waals surface area contributed by atoms with Gasteiger partial charge in [-0.05, 0) is 104 Å².